The summed E-state index contributed by atoms with van der Waals surface area (Å²) in [5.74, 6) is 0.752. The molecule has 1 fully saturated rings. The molecule has 1 saturated heterocycles. The molecule has 0 spiro atoms. The molecule has 1 aromatic carbocycles. The van der Waals surface area contributed by atoms with Crippen molar-refractivity contribution in [2.45, 2.75) is 19.4 Å². The zero-order valence-corrected chi connectivity index (χ0v) is 12.3. The van der Waals surface area contributed by atoms with Crippen LogP contribution in [0.1, 0.15) is 18.4 Å². The average molecular weight is 287 g/mol. The Morgan fingerprint density at radius 2 is 2.22 bits per heavy atom. The molecular weight excluding hydrogens is 267 g/mol. The van der Waals surface area contributed by atoms with Crippen LogP contribution in [0.2, 0.25) is 10.0 Å². The lowest BCUT2D eigenvalue weighted by Crippen LogP contribution is -2.37. The normalized spacial score (nSPS) is 21.2. The molecule has 1 atom stereocenters. The van der Waals surface area contributed by atoms with Crippen LogP contribution in [-0.2, 0) is 6.54 Å². The van der Waals surface area contributed by atoms with Gasteiger partial charge in [-0.2, -0.15) is 0 Å². The minimum atomic E-state index is 0.633. The number of nitrogens with one attached hydrogen (secondary N) is 1. The maximum atomic E-state index is 6.16. The van der Waals surface area contributed by atoms with Crippen molar-refractivity contribution in [1.82, 2.24) is 10.2 Å². The number of nitrogens with zero attached hydrogens (tertiary/aromatic N) is 1. The Morgan fingerprint density at radius 3 is 3.00 bits per heavy atom. The van der Waals surface area contributed by atoms with E-state index in [1.165, 1.54) is 25.9 Å². The summed E-state index contributed by atoms with van der Waals surface area (Å²) in [6.45, 7) is 4.26. The van der Waals surface area contributed by atoms with Gasteiger partial charge in [0, 0.05) is 13.1 Å². The zero-order valence-electron chi connectivity index (χ0n) is 10.8. The highest BCUT2D eigenvalue weighted by molar-refractivity contribution is 6.42. The highest BCUT2D eigenvalue weighted by Gasteiger charge is 2.16. The lowest BCUT2D eigenvalue weighted by atomic mass is 9.98. The fourth-order valence-electron chi connectivity index (χ4n) is 2.54. The molecule has 1 aliphatic rings. The molecule has 4 heteroatoms. The maximum absolute atomic E-state index is 6.16. The third-order valence-electron chi connectivity index (χ3n) is 3.50. The van der Waals surface area contributed by atoms with Crippen molar-refractivity contribution in [3.63, 3.8) is 0 Å². The van der Waals surface area contributed by atoms with Crippen molar-refractivity contribution in [1.29, 1.82) is 0 Å². The van der Waals surface area contributed by atoms with Crippen molar-refractivity contribution in [3.05, 3.63) is 33.8 Å². The van der Waals surface area contributed by atoms with Gasteiger partial charge in [0.05, 0.1) is 10.0 Å². The van der Waals surface area contributed by atoms with E-state index in [1.807, 2.05) is 18.2 Å². The highest BCUT2D eigenvalue weighted by Crippen LogP contribution is 2.25. The Hall–Kier alpha value is -0.280. The first kappa shape index (κ1) is 14.1. The van der Waals surface area contributed by atoms with E-state index in [4.69, 9.17) is 23.2 Å². The van der Waals surface area contributed by atoms with Gasteiger partial charge in [0.2, 0.25) is 0 Å². The molecule has 100 valence electrons. The molecule has 0 aliphatic carbocycles. The molecule has 18 heavy (non-hydrogen) atoms. The number of hydrogen-bond donors (Lipinski definition) is 1. The predicted octanol–water partition coefficient (Wildman–Crippen LogP) is 3.42. The second kappa shape index (κ2) is 6.76. The first-order valence-electron chi connectivity index (χ1n) is 6.49. The summed E-state index contributed by atoms with van der Waals surface area (Å²) >= 11 is 12.2. The molecule has 0 amide bonds. The fourth-order valence-corrected chi connectivity index (χ4v) is 2.92. The van der Waals surface area contributed by atoms with E-state index in [0.717, 1.165) is 24.6 Å². The number of benzene rings is 1. The van der Waals surface area contributed by atoms with Crippen LogP contribution in [0.15, 0.2) is 18.2 Å². The number of halogens is 2. The van der Waals surface area contributed by atoms with Gasteiger partial charge < -0.3 is 10.2 Å². The molecule has 1 aliphatic heterocycles. The Balaban J connectivity index is 1.79. The topological polar surface area (TPSA) is 15.3 Å². The fraction of sp³-hybridized carbons (Fsp3) is 0.571. The van der Waals surface area contributed by atoms with E-state index in [-0.39, 0.29) is 0 Å². The highest BCUT2D eigenvalue weighted by atomic mass is 35.5. The molecule has 1 aromatic rings. The van der Waals surface area contributed by atoms with Gasteiger partial charge in [-0.15, -0.1) is 0 Å². The van der Waals surface area contributed by atoms with Gasteiger partial charge in [-0.1, -0.05) is 35.3 Å². The van der Waals surface area contributed by atoms with Crippen LogP contribution in [0.4, 0.5) is 0 Å². The Kier molecular flexibility index (Phi) is 5.31. The van der Waals surface area contributed by atoms with Gasteiger partial charge in [-0.25, -0.2) is 0 Å². The van der Waals surface area contributed by atoms with Crippen LogP contribution in [0.5, 0.6) is 0 Å². The van der Waals surface area contributed by atoms with E-state index in [2.05, 4.69) is 17.3 Å². The van der Waals surface area contributed by atoms with Crippen LogP contribution in [0.25, 0.3) is 0 Å². The number of rotatable bonds is 4. The molecule has 1 heterocycles. The minimum absolute atomic E-state index is 0.633. The Morgan fingerprint density at radius 1 is 1.39 bits per heavy atom. The van der Waals surface area contributed by atoms with Crippen molar-refractivity contribution in [2.24, 2.45) is 5.92 Å². The van der Waals surface area contributed by atoms with Crippen LogP contribution < -0.4 is 5.32 Å². The molecule has 0 radical (unpaired) electrons. The molecule has 2 nitrogen and oxygen atoms in total. The van der Waals surface area contributed by atoms with Crippen LogP contribution >= 0.6 is 23.2 Å². The van der Waals surface area contributed by atoms with E-state index in [0.29, 0.717) is 10.0 Å². The Labute approximate surface area is 119 Å². The summed E-state index contributed by atoms with van der Waals surface area (Å²) in [6, 6.07) is 5.79. The van der Waals surface area contributed by atoms with E-state index >= 15 is 0 Å². The van der Waals surface area contributed by atoms with Gasteiger partial charge >= 0.3 is 0 Å². The van der Waals surface area contributed by atoms with E-state index in [9.17, 15) is 0 Å². The van der Waals surface area contributed by atoms with E-state index < -0.39 is 0 Å². The van der Waals surface area contributed by atoms with Gasteiger partial charge in [-0.3, -0.25) is 0 Å². The van der Waals surface area contributed by atoms with Crippen LogP contribution in [0.3, 0.4) is 0 Å². The summed E-state index contributed by atoms with van der Waals surface area (Å²) in [7, 11) is 2.19. The zero-order chi connectivity index (χ0) is 13.0. The van der Waals surface area contributed by atoms with Crippen LogP contribution in [-0.4, -0.2) is 31.6 Å². The number of hydrogen-bond acceptors (Lipinski definition) is 2. The summed E-state index contributed by atoms with van der Waals surface area (Å²) in [4.78, 5) is 2.40. The molecule has 1 unspecified atom stereocenters. The standard InChI is InChI=1S/C14H20Cl2N2/c1-18-7-3-4-11(10-18)8-17-9-12-5-2-6-13(15)14(12)16/h2,5-6,11,17H,3-4,7-10H2,1H3. The van der Waals surface area contributed by atoms with Gasteiger partial charge in [0.25, 0.3) is 0 Å². The lowest BCUT2D eigenvalue weighted by molar-refractivity contribution is 0.206. The van der Waals surface area contributed by atoms with Crippen molar-refractivity contribution < 1.29 is 0 Å². The monoisotopic (exact) mass is 286 g/mol. The van der Waals surface area contributed by atoms with Crippen molar-refractivity contribution in [2.75, 3.05) is 26.7 Å². The van der Waals surface area contributed by atoms with Crippen molar-refractivity contribution >= 4 is 23.2 Å². The third kappa shape index (κ3) is 3.86. The quantitative estimate of drug-likeness (QED) is 0.912. The van der Waals surface area contributed by atoms with Gasteiger partial charge in [0.15, 0.2) is 0 Å². The smallest absolute Gasteiger partial charge is 0.0637 e. The Bertz CT molecular complexity index is 395. The summed E-state index contributed by atoms with van der Waals surface area (Å²) in [5, 5.41) is 4.80. The predicted molar refractivity (Wildman–Crippen MR) is 78.4 cm³/mol. The molecule has 2 rings (SSSR count). The molecular formula is C14H20Cl2N2. The molecule has 0 saturated carbocycles. The maximum Gasteiger partial charge on any atom is 0.0637 e. The molecule has 0 aromatic heterocycles. The summed E-state index contributed by atoms with van der Waals surface area (Å²) in [6.07, 6.45) is 2.63. The van der Waals surface area contributed by atoms with Gasteiger partial charge in [0.1, 0.15) is 0 Å². The second-order valence-electron chi connectivity index (χ2n) is 5.11. The summed E-state index contributed by atoms with van der Waals surface area (Å²) in [5.41, 5.74) is 1.08. The SMILES string of the molecule is CN1CCCC(CNCc2cccc(Cl)c2Cl)C1. The largest absolute Gasteiger partial charge is 0.312 e. The first-order chi connectivity index (χ1) is 8.66. The second-order valence-corrected chi connectivity index (χ2v) is 5.90. The first-order valence-corrected chi connectivity index (χ1v) is 7.24. The molecule has 0 bridgehead atoms. The third-order valence-corrected chi connectivity index (χ3v) is 4.36. The number of piperidine rings is 1. The van der Waals surface area contributed by atoms with Crippen molar-refractivity contribution in [3.8, 4) is 0 Å². The van der Waals surface area contributed by atoms with Crippen LogP contribution in [0, 0.1) is 5.92 Å². The molecule has 1 N–H and O–H groups in total. The lowest BCUT2D eigenvalue weighted by Gasteiger charge is -2.29. The van der Waals surface area contributed by atoms with E-state index in [1.54, 1.807) is 0 Å². The average Bonchev–Trinajstić information content (AvgIpc) is 2.35. The minimum Gasteiger partial charge on any atom is -0.312 e. The number of likely N-dealkylation sites (tertiary alicyclic amines) is 1. The van der Waals surface area contributed by atoms with Gasteiger partial charge in [-0.05, 0) is 50.5 Å². The summed E-state index contributed by atoms with van der Waals surface area (Å²) < 4.78 is 0.